The van der Waals surface area contributed by atoms with Gasteiger partial charge < -0.3 is 9.88 Å². The molecule has 0 bridgehead atoms. The molecule has 2 aromatic rings. The van der Waals surface area contributed by atoms with Crippen molar-refractivity contribution in [2.45, 2.75) is 26.4 Å². The highest BCUT2D eigenvalue weighted by atomic mass is 19.1. The maximum absolute atomic E-state index is 14.0. The SMILES string of the molecule is C=C(CC(=O)c1cnc2n1CCNC2)c1ccc(C)cc1F. The van der Waals surface area contributed by atoms with Crippen molar-refractivity contribution in [3.05, 3.63) is 59.4 Å². The molecule has 0 atom stereocenters. The third-order valence-electron chi connectivity index (χ3n) is 3.90. The average molecular weight is 299 g/mol. The van der Waals surface area contributed by atoms with E-state index in [1.807, 2.05) is 17.6 Å². The maximum atomic E-state index is 14.0. The molecule has 0 amide bonds. The highest BCUT2D eigenvalue weighted by molar-refractivity contribution is 6.00. The van der Waals surface area contributed by atoms with Gasteiger partial charge in [-0.05, 0) is 24.1 Å². The number of halogens is 1. The van der Waals surface area contributed by atoms with E-state index in [-0.39, 0.29) is 18.0 Å². The molecule has 2 heterocycles. The number of hydrogen-bond acceptors (Lipinski definition) is 3. The number of allylic oxidation sites excluding steroid dienone is 1. The first kappa shape index (κ1) is 14.7. The molecule has 22 heavy (non-hydrogen) atoms. The molecular formula is C17H18FN3O. The van der Waals surface area contributed by atoms with Crippen molar-refractivity contribution in [3.63, 3.8) is 0 Å². The standard InChI is InChI=1S/C17H18FN3O/c1-11-3-4-13(14(18)7-11)12(2)8-16(22)15-9-20-17-10-19-5-6-21(15)17/h3-4,7,9,19H,2,5-6,8,10H2,1H3. The van der Waals surface area contributed by atoms with E-state index < -0.39 is 0 Å². The topological polar surface area (TPSA) is 46.9 Å². The second-order valence-corrected chi connectivity index (χ2v) is 5.57. The fourth-order valence-corrected chi connectivity index (χ4v) is 2.70. The number of Topliss-reactive ketones (excluding diaryl/α,β-unsaturated/α-hetero) is 1. The lowest BCUT2D eigenvalue weighted by Crippen LogP contribution is -2.29. The lowest BCUT2D eigenvalue weighted by atomic mass is 9.99. The van der Waals surface area contributed by atoms with Gasteiger partial charge in [-0.1, -0.05) is 18.7 Å². The van der Waals surface area contributed by atoms with Crippen LogP contribution in [0.15, 0.2) is 31.0 Å². The Balaban J connectivity index is 1.79. The van der Waals surface area contributed by atoms with Crippen molar-refractivity contribution in [2.75, 3.05) is 6.54 Å². The number of carbonyl (C=O) groups excluding carboxylic acids is 1. The minimum absolute atomic E-state index is 0.0781. The van der Waals surface area contributed by atoms with Crippen LogP contribution in [0.4, 0.5) is 4.39 Å². The fraction of sp³-hybridized carbons (Fsp3) is 0.294. The molecule has 3 rings (SSSR count). The molecule has 4 nitrogen and oxygen atoms in total. The van der Waals surface area contributed by atoms with Crippen molar-refractivity contribution in [3.8, 4) is 0 Å². The molecule has 0 saturated carbocycles. The Morgan fingerprint density at radius 3 is 3.09 bits per heavy atom. The van der Waals surface area contributed by atoms with Crippen molar-refractivity contribution in [2.24, 2.45) is 0 Å². The average Bonchev–Trinajstić information content (AvgIpc) is 2.91. The van der Waals surface area contributed by atoms with E-state index in [0.717, 1.165) is 24.5 Å². The van der Waals surface area contributed by atoms with Crippen molar-refractivity contribution in [1.29, 1.82) is 0 Å². The Kier molecular flexibility index (Phi) is 3.90. The smallest absolute Gasteiger partial charge is 0.185 e. The number of aromatic nitrogens is 2. The van der Waals surface area contributed by atoms with Crippen molar-refractivity contribution < 1.29 is 9.18 Å². The Labute approximate surface area is 128 Å². The molecule has 1 aliphatic rings. The van der Waals surface area contributed by atoms with Gasteiger partial charge in [0.05, 0.1) is 12.7 Å². The number of ketones is 1. The molecule has 1 N–H and O–H groups in total. The van der Waals surface area contributed by atoms with Gasteiger partial charge in [0.1, 0.15) is 17.3 Å². The second kappa shape index (κ2) is 5.85. The van der Waals surface area contributed by atoms with Crippen LogP contribution in [0.2, 0.25) is 0 Å². The zero-order valence-corrected chi connectivity index (χ0v) is 12.5. The molecule has 0 aliphatic carbocycles. The van der Waals surface area contributed by atoms with Crippen LogP contribution in [-0.4, -0.2) is 21.9 Å². The molecule has 0 spiro atoms. The van der Waals surface area contributed by atoms with E-state index >= 15 is 0 Å². The number of rotatable bonds is 4. The van der Waals surface area contributed by atoms with E-state index in [0.29, 0.717) is 23.4 Å². The fourth-order valence-electron chi connectivity index (χ4n) is 2.70. The first-order valence-electron chi connectivity index (χ1n) is 7.29. The minimum Gasteiger partial charge on any atom is -0.323 e. The van der Waals surface area contributed by atoms with Crippen LogP contribution in [0.25, 0.3) is 5.57 Å². The van der Waals surface area contributed by atoms with Crippen LogP contribution in [0.1, 0.15) is 33.9 Å². The van der Waals surface area contributed by atoms with Crippen LogP contribution in [-0.2, 0) is 13.1 Å². The third kappa shape index (κ3) is 2.72. The zero-order valence-electron chi connectivity index (χ0n) is 12.5. The summed E-state index contributed by atoms with van der Waals surface area (Å²) in [4.78, 5) is 16.7. The lowest BCUT2D eigenvalue weighted by molar-refractivity contribution is 0.0988. The summed E-state index contributed by atoms with van der Waals surface area (Å²) in [6.07, 6.45) is 1.70. The van der Waals surface area contributed by atoms with Gasteiger partial charge in [-0.15, -0.1) is 0 Å². The summed E-state index contributed by atoms with van der Waals surface area (Å²) >= 11 is 0. The number of benzene rings is 1. The third-order valence-corrected chi connectivity index (χ3v) is 3.90. The zero-order chi connectivity index (χ0) is 15.7. The normalized spacial score (nSPS) is 13.7. The second-order valence-electron chi connectivity index (χ2n) is 5.57. The van der Waals surface area contributed by atoms with Crippen molar-refractivity contribution in [1.82, 2.24) is 14.9 Å². The number of hydrogen-bond donors (Lipinski definition) is 1. The van der Waals surface area contributed by atoms with Crippen LogP contribution in [0.5, 0.6) is 0 Å². The molecule has 0 saturated heterocycles. The molecule has 5 heteroatoms. The first-order chi connectivity index (χ1) is 10.6. The van der Waals surface area contributed by atoms with Gasteiger partial charge in [0, 0.05) is 25.1 Å². The molecule has 1 aliphatic heterocycles. The van der Waals surface area contributed by atoms with E-state index in [4.69, 9.17) is 0 Å². The number of carbonyl (C=O) groups is 1. The van der Waals surface area contributed by atoms with Gasteiger partial charge in [-0.25, -0.2) is 9.37 Å². The van der Waals surface area contributed by atoms with E-state index in [9.17, 15) is 9.18 Å². The summed E-state index contributed by atoms with van der Waals surface area (Å²) < 4.78 is 15.9. The van der Waals surface area contributed by atoms with E-state index in [2.05, 4.69) is 16.9 Å². The Bertz CT molecular complexity index is 748. The largest absolute Gasteiger partial charge is 0.323 e. The van der Waals surface area contributed by atoms with E-state index in [1.54, 1.807) is 12.3 Å². The minimum atomic E-state index is -0.336. The predicted octanol–water partition coefficient (Wildman–Crippen LogP) is 2.72. The number of aryl methyl sites for hydroxylation is 1. The Morgan fingerprint density at radius 1 is 1.50 bits per heavy atom. The van der Waals surface area contributed by atoms with Crippen LogP contribution in [0, 0.1) is 12.7 Å². The monoisotopic (exact) mass is 299 g/mol. The van der Waals surface area contributed by atoms with Crippen LogP contribution < -0.4 is 5.32 Å². The Morgan fingerprint density at radius 2 is 2.32 bits per heavy atom. The van der Waals surface area contributed by atoms with Gasteiger partial charge in [-0.2, -0.15) is 0 Å². The highest BCUT2D eigenvalue weighted by Crippen LogP contribution is 2.23. The first-order valence-corrected chi connectivity index (χ1v) is 7.29. The predicted molar refractivity (Wildman–Crippen MR) is 83.1 cm³/mol. The Hall–Kier alpha value is -2.27. The number of fused-ring (bicyclic) bond motifs is 1. The van der Waals surface area contributed by atoms with Gasteiger partial charge >= 0.3 is 0 Å². The van der Waals surface area contributed by atoms with Crippen LogP contribution >= 0.6 is 0 Å². The van der Waals surface area contributed by atoms with Crippen molar-refractivity contribution >= 4 is 11.4 Å². The molecule has 0 unspecified atom stereocenters. The molecule has 1 aromatic carbocycles. The van der Waals surface area contributed by atoms with Crippen LogP contribution in [0.3, 0.4) is 0 Å². The summed E-state index contributed by atoms with van der Waals surface area (Å²) in [6.45, 7) is 7.91. The summed E-state index contributed by atoms with van der Waals surface area (Å²) in [5, 5.41) is 3.21. The highest BCUT2D eigenvalue weighted by Gasteiger charge is 2.20. The van der Waals surface area contributed by atoms with Gasteiger partial charge in [-0.3, -0.25) is 4.79 Å². The quantitative estimate of drug-likeness (QED) is 0.883. The maximum Gasteiger partial charge on any atom is 0.185 e. The number of nitrogens with zero attached hydrogens (tertiary/aromatic N) is 2. The summed E-state index contributed by atoms with van der Waals surface area (Å²) in [7, 11) is 0. The van der Waals surface area contributed by atoms with Gasteiger partial charge in [0.2, 0.25) is 0 Å². The van der Waals surface area contributed by atoms with E-state index in [1.165, 1.54) is 6.07 Å². The summed E-state index contributed by atoms with van der Waals surface area (Å²) in [6, 6.07) is 4.95. The summed E-state index contributed by atoms with van der Waals surface area (Å²) in [5.74, 6) is 0.449. The molecule has 1 aromatic heterocycles. The molecule has 114 valence electrons. The number of imidazole rings is 1. The summed E-state index contributed by atoms with van der Waals surface area (Å²) in [5.41, 5.74) is 2.31. The van der Waals surface area contributed by atoms with Gasteiger partial charge in [0.25, 0.3) is 0 Å². The molecular weight excluding hydrogens is 281 g/mol. The molecule has 0 radical (unpaired) electrons. The molecule has 0 fully saturated rings. The number of nitrogens with one attached hydrogen (secondary N) is 1. The lowest BCUT2D eigenvalue weighted by Gasteiger charge is -2.17. The van der Waals surface area contributed by atoms with Gasteiger partial charge in [0.15, 0.2) is 5.78 Å².